The van der Waals surface area contributed by atoms with E-state index in [4.69, 9.17) is 11.6 Å². The Morgan fingerprint density at radius 2 is 1.83 bits per heavy atom. The molecule has 2 aliphatic heterocycles. The quantitative estimate of drug-likeness (QED) is 0.647. The van der Waals surface area contributed by atoms with Crippen LogP contribution in [0.5, 0.6) is 0 Å². The molecule has 2 atom stereocenters. The van der Waals surface area contributed by atoms with E-state index in [1.807, 2.05) is 12.1 Å². The molecule has 2 heterocycles. The number of hydrogen-bond acceptors (Lipinski definition) is 5. The van der Waals surface area contributed by atoms with Crippen molar-refractivity contribution in [2.75, 3.05) is 58.9 Å². The molecule has 2 fully saturated rings. The van der Waals surface area contributed by atoms with E-state index in [1.54, 1.807) is 0 Å². The summed E-state index contributed by atoms with van der Waals surface area (Å²) in [6, 6.07) is 8.53. The van der Waals surface area contributed by atoms with Gasteiger partial charge in [0.15, 0.2) is 0 Å². The summed E-state index contributed by atoms with van der Waals surface area (Å²) < 4.78 is 0. The molecule has 1 aromatic rings. The molecule has 0 aliphatic carbocycles. The van der Waals surface area contributed by atoms with E-state index in [9.17, 15) is 0 Å². The fourth-order valence-electron chi connectivity index (χ4n) is 3.61. The van der Waals surface area contributed by atoms with Gasteiger partial charge in [-0.25, -0.2) is 5.43 Å². The Morgan fingerprint density at radius 1 is 1.12 bits per heavy atom. The van der Waals surface area contributed by atoms with Gasteiger partial charge in [-0.05, 0) is 24.2 Å². The SMILES string of the molecule is CCN1CCN(CCNCC2CNNC2c2ccc(Cl)cc2)CC1. The maximum absolute atomic E-state index is 5.99. The average molecular weight is 352 g/mol. The van der Waals surface area contributed by atoms with Gasteiger partial charge in [-0.15, -0.1) is 0 Å². The molecule has 2 unspecified atom stereocenters. The smallest absolute Gasteiger partial charge is 0.0515 e. The summed E-state index contributed by atoms with van der Waals surface area (Å²) in [7, 11) is 0. The number of hydrogen-bond donors (Lipinski definition) is 3. The van der Waals surface area contributed by atoms with Crippen LogP contribution in [0.15, 0.2) is 24.3 Å². The molecule has 2 aliphatic rings. The second kappa shape index (κ2) is 9.13. The minimum atomic E-state index is 0.350. The highest BCUT2D eigenvalue weighted by Crippen LogP contribution is 2.25. The molecule has 0 saturated carbocycles. The van der Waals surface area contributed by atoms with Crippen molar-refractivity contribution in [3.8, 4) is 0 Å². The summed E-state index contributed by atoms with van der Waals surface area (Å²) in [5.74, 6) is 0.558. The van der Waals surface area contributed by atoms with Crippen molar-refractivity contribution in [1.82, 2.24) is 26.0 Å². The number of rotatable bonds is 7. The van der Waals surface area contributed by atoms with Crippen LogP contribution in [0.4, 0.5) is 0 Å². The van der Waals surface area contributed by atoms with Crippen molar-refractivity contribution in [2.24, 2.45) is 5.92 Å². The van der Waals surface area contributed by atoms with Crippen LogP contribution in [0.2, 0.25) is 5.02 Å². The second-order valence-electron chi connectivity index (χ2n) is 6.79. The Morgan fingerprint density at radius 3 is 2.54 bits per heavy atom. The third-order valence-electron chi connectivity index (χ3n) is 5.25. The molecule has 0 radical (unpaired) electrons. The number of likely N-dealkylation sites (N-methyl/N-ethyl adjacent to an activating group) is 1. The summed E-state index contributed by atoms with van der Waals surface area (Å²) in [6.07, 6.45) is 0. The van der Waals surface area contributed by atoms with Gasteiger partial charge >= 0.3 is 0 Å². The van der Waals surface area contributed by atoms with E-state index in [0.29, 0.717) is 12.0 Å². The monoisotopic (exact) mass is 351 g/mol. The van der Waals surface area contributed by atoms with Crippen molar-refractivity contribution >= 4 is 11.6 Å². The Balaban J connectivity index is 1.37. The molecule has 5 nitrogen and oxygen atoms in total. The van der Waals surface area contributed by atoms with E-state index in [2.05, 4.69) is 45.0 Å². The first-order valence-corrected chi connectivity index (χ1v) is 9.53. The first-order chi connectivity index (χ1) is 11.8. The lowest BCUT2D eigenvalue weighted by Gasteiger charge is -2.34. The molecule has 0 bridgehead atoms. The van der Waals surface area contributed by atoms with Crippen LogP contribution in [0.1, 0.15) is 18.5 Å². The highest BCUT2D eigenvalue weighted by Gasteiger charge is 2.27. The number of benzene rings is 1. The summed E-state index contributed by atoms with van der Waals surface area (Å²) in [4.78, 5) is 5.09. The van der Waals surface area contributed by atoms with Crippen molar-refractivity contribution in [1.29, 1.82) is 0 Å². The van der Waals surface area contributed by atoms with Gasteiger partial charge in [0.1, 0.15) is 0 Å². The molecule has 0 amide bonds. The lowest BCUT2D eigenvalue weighted by molar-refractivity contribution is 0.137. The highest BCUT2D eigenvalue weighted by atomic mass is 35.5. The lowest BCUT2D eigenvalue weighted by Crippen LogP contribution is -2.48. The maximum atomic E-state index is 5.99. The number of piperazine rings is 1. The Hall–Kier alpha value is -0.690. The third kappa shape index (κ3) is 4.91. The van der Waals surface area contributed by atoms with Gasteiger partial charge in [-0.1, -0.05) is 30.7 Å². The first-order valence-electron chi connectivity index (χ1n) is 9.15. The molecule has 2 saturated heterocycles. The van der Waals surface area contributed by atoms with Gasteiger partial charge < -0.3 is 10.2 Å². The first kappa shape index (κ1) is 18.1. The highest BCUT2D eigenvalue weighted by molar-refractivity contribution is 6.30. The average Bonchev–Trinajstić information content (AvgIpc) is 3.08. The van der Waals surface area contributed by atoms with Crippen LogP contribution >= 0.6 is 11.6 Å². The molecular weight excluding hydrogens is 322 g/mol. The van der Waals surface area contributed by atoms with Crippen molar-refractivity contribution in [3.05, 3.63) is 34.9 Å². The van der Waals surface area contributed by atoms with Crippen molar-refractivity contribution in [3.63, 3.8) is 0 Å². The number of hydrazine groups is 1. The van der Waals surface area contributed by atoms with Gasteiger partial charge in [0, 0.05) is 63.3 Å². The van der Waals surface area contributed by atoms with Crippen molar-refractivity contribution in [2.45, 2.75) is 13.0 Å². The van der Waals surface area contributed by atoms with Crippen LogP contribution in [0, 0.1) is 5.92 Å². The topological polar surface area (TPSA) is 42.6 Å². The molecule has 134 valence electrons. The zero-order chi connectivity index (χ0) is 16.8. The van der Waals surface area contributed by atoms with Crippen LogP contribution in [0.25, 0.3) is 0 Å². The van der Waals surface area contributed by atoms with Crippen LogP contribution < -0.4 is 16.2 Å². The Labute approximate surface area is 150 Å². The predicted molar refractivity (Wildman–Crippen MR) is 100 cm³/mol. The predicted octanol–water partition coefficient (Wildman–Crippen LogP) is 1.33. The number of nitrogens with one attached hydrogen (secondary N) is 3. The molecule has 3 rings (SSSR count). The van der Waals surface area contributed by atoms with Gasteiger partial charge in [-0.2, -0.15) is 0 Å². The molecule has 0 aromatic heterocycles. The maximum Gasteiger partial charge on any atom is 0.0515 e. The standard InChI is InChI=1S/C18H30ClN5/c1-2-23-9-11-24(12-10-23)8-7-20-13-16-14-21-22-18(16)15-3-5-17(19)6-4-15/h3-6,16,18,20-22H,2,7-14H2,1H3. The van der Waals surface area contributed by atoms with E-state index in [0.717, 1.165) is 31.2 Å². The summed E-state index contributed by atoms with van der Waals surface area (Å²) in [5.41, 5.74) is 7.99. The van der Waals surface area contributed by atoms with Gasteiger partial charge in [0.2, 0.25) is 0 Å². The molecule has 1 aromatic carbocycles. The number of halogens is 1. The van der Waals surface area contributed by atoms with Gasteiger partial charge in [0.05, 0.1) is 6.04 Å². The summed E-state index contributed by atoms with van der Waals surface area (Å²) in [5, 5.41) is 4.44. The van der Waals surface area contributed by atoms with E-state index in [1.165, 1.54) is 38.3 Å². The van der Waals surface area contributed by atoms with Crippen LogP contribution in [-0.2, 0) is 0 Å². The lowest BCUT2D eigenvalue weighted by atomic mass is 9.95. The zero-order valence-electron chi connectivity index (χ0n) is 14.6. The largest absolute Gasteiger partial charge is 0.315 e. The summed E-state index contributed by atoms with van der Waals surface area (Å²) in [6.45, 7) is 12.5. The van der Waals surface area contributed by atoms with Crippen molar-refractivity contribution < 1.29 is 0 Å². The Bertz CT molecular complexity index is 487. The summed E-state index contributed by atoms with van der Waals surface area (Å²) >= 11 is 5.99. The minimum absolute atomic E-state index is 0.350. The molecule has 0 spiro atoms. The fraction of sp³-hybridized carbons (Fsp3) is 0.667. The van der Waals surface area contributed by atoms with Crippen LogP contribution in [0.3, 0.4) is 0 Å². The normalized spacial score (nSPS) is 26.1. The van der Waals surface area contributed by atoms with Gasteiger partial charge in [0.25, 0.3) is 0 Å². The zero-order valence-corrected chi connectivity index (χ0v) is 15.4. The molecule has 24 heavy (non-hydrogen) atoms. The van der Waals surface area contributed by atoms with E-state index in [-0.39, 0.29) is 0 Å². The molecule has 3 N–H and O–H groups in total. The fourth-order valence-corrected chi connectivity index (χ4v) is 3.73. The number of nitrogens with zero attached hydrogens (tertiary/aromatic N) is 2. The molecular formula is C18H30ClN5. The minimum Gasteiger partial charge on any atom is -0.315 e. The molecule has 6 heteroatoms. The van der Waals surface area contributed by atoms with E-state index < -0.39 is 0 Å². The Kier molecular flexibility index (Phi) is 6.89. The van der Waals surface area contributed by atoms with Gasteiger partial charge in [-0.3, -0.25) is 10.3 Å². The second-order valence-corrected chi connectivity index (χ2v) is 7.23. The van der Waals surface area contributed by atoms with E-state index >= 15 is 0 Å². The van der Waals surface area contributed by atoms with Crippen LogP contribution in [-0.4, -0.2) is 68.7 Å². The third-order valence-corrected chi connectivity index (χ3v) is 5.50.